The number of piperidine rings is 1. The van der Waals surface area contributed by atoms with E-state index in [1.54, 1.807) is 7.11 Å². The molecule has 20 heavy (non-hydrogen) atoms. The molecule has 2 saturated heterocycles. The lowest BCUT2D eigenvalue weighted by molar-refractivity contribution is -0.146. The van der Waals surface area contributed by atoms with Crippen molar-refractivity contribution in [1.29, 1.82) is 0 Å². The average Bonchev–Trinajstić information content (AvgIpc) is 2.92. The number of hydrogen-bond acceptors (Lipinski definition) is 3. The summed E-state index contributed by atoms with van der Waals surface area (Å²) in [6.45, 7) is 3.78. The fourth-order valence-electron chi connectivity index (χ4n) is 4.03. The molecular weight excluding hydrogens is 252 g/mol. The van der Waals surface area contributed by atoms with Crippen molar-refractivity contribution >= 4 is 5.91 Å². The molecule has 4 heteroatoms. The highest BCUT2D eigenvalue weighted by Gasteiger charge is 2.51. The molecule has 4 nitrogen and oxygen atoms in total. The number of likely N-dealkylation sites (tertiary alicyclic amines) is 2. The molecule has 0 aromatic carbocycles. The predicted molar refractivity (Wildman–Crippen MR) is 78.5 cm³/mol. The molecule has 3 rings (SSSR count). The highest BCUT2D eigenvalue weighted by molar-refractivity contribution is 5.94. The Labute approximate surface area is 121 Å². The first-order chi connectivity index (χ1) is 9.64. The summed E-state index contributed by atoms with van der Waals surface area (Å²) in [7, 11) is 3.99. The molecule has 0 N–H and O–H groups in total. The van der Waals surface area contributed by atoms with Gasteiger partial charge in [-0.3, -0.25) is 9.69 Å². The minimum Gasteiger partial charge on any atom is -0.384 e. The maximum atomic E-state index is 12.4. The van der Waals surface area contributed by atoms with Gasteiger partial charge in [0, 0.05) is 32.4 Å². The van der Waals surface area contributed by atoms with E-state index in [9.17, 15) is 4.79 Å². The van der Waals surface area contributed by atoms with Crippen LogP contribution in [-0.2, 0) is 9.53 Å². The van der Waals surface area contributed by atoms with Gasteiger partial charge in [-0.2, -0.15) is 0 Å². The molecule has 112 valence electrons. The summed E-state index contributed by atoms with van der Waals surface area (Å²) in [6, 6.07) is 0. The molecule has 2 fully saturated rings. The number of amides is 1. The second kappa shape index (κ2) is 5.49. The quantitative estimate of drug-likeness (QED) is 0.787. The van der Waals surface area contributed by atoms with Gasteiger partial charge in [-0.05, 0) is 51.6 Å². The lowest BCUT2D eigenvalue weighted by Gasteiger charge is -2.58. The maximum absolute atomic E-state index is 12.4. The van der Waals surface area contributed by atoms with Crippen LogP contribution in [0.2, 0.25) is 0 Å². The van der Waals surface area contributed by atoms with Crippen LogP contribution < -0.4 is 0 Å². The molecule has 3 aliphatic rings. The number of carbonyl (C=O) groups is 1. The number of likely N-dealkylation sites (N-methyl/N-ethyl adjacent to an activating group) is 1. The van der Waals surface area contributed by atoms with Crippen LogP contribution in [0.3, 0.4) is 0 Å². The van der Waals surface area contributed by atoms with Crippen molar-refractivity contribution in [3.63, 3.8) is 0 Å². The zero-order valence-electron chi connectivity index (χ0n) is 12.7. The Balaban J connectivity index is 1.60. The van der Waals surface area contributed by atoms with Gasteiger partial charge in [-0.1, -0.05) is 6.08 Å². The molecule has 0 radical (unpaired) electrons. The Kier molecular flexibility index (Phi) is 3.87. The number of allylic oxidation sites excluding steroid dienone is 1. The number of rotatable bonds is 3. The second-order valence-corrected chi connectivity index (χ2v) is 6.74. The predicted octanol–water partition coefficient (Wildman–Crippen LogP) is 1.67. The van der Waals surface area contributed by atoms with Crippen molar-refractivity contribution in [2.45, 2.75) is 37.6 Å². The minimum absolute atomic E-state index is 0.219. The van der Waals surface area contributed by atoms with Crippen molar-refractivity contribution < 1.29 is 9.53 Å². The van der Waals surface area contributed by atoms with E-state index in [2.05, 4.69) is 18.0 Å². The fraction of sp³-hybridized carbons (Fsp3) is 0.812. The number of hydrogen-bond donors (Lipinski definition) is 0. The zero-order valence-corrected chi connectivity index (χ0v) is 12.7. The Morgan fingerprint density at radius 3 is 2.95 bits per heavy atom. The molecule has 0 aromatic heterocycles. The summed E-state index contributed by atoms with van der Waals surface area (Å²) in [4.78, 5) is 16.9. The highest BCUT2D eigenvalue weighted by Crippen LogP contribution is 2.39. The summed E-state index contributed by atoms with van der Waals surface area (Å²) in [5.41, 5.74) is 1.27. The van der Waals surface area contributed by atoms with E-state index in [1.165, 1.54) is 12.8 Å². The normalized spacial score (nSPS) is 29.4. The molecule has 1 amide bonds. The lowest BCUT2D eigenvalue weighted by atomic mass is 9.75. The van der Waals surface area contributed by atoms with Gasteiger partial charge in [-0.15, -0.1) is 0 Å². The molecule has 1 atom stereocenters. The number of ether oxygens (including phenoxy) is 1. The van der Waals surface area contributed by atoms with Gasteiger partial charge in [0.05, 0.1) is 5.54 Å². The van der Waals surface area contributed by atoms with Gasteiger partial charge < -0.3 is 9.64 Å². The van der Waals surface area contributed by atoms with Crippen LogP contribution in [0, 0.1) is 5.92 Å². The largest absolute Gasteiger partial charge is 0.384 e. The Hall–Kier alpha value is -0.870. The van der Waals surface area contributed by atoms with E-state index in [0.29, 0.717) is 5.92 Å². The zero-order chi connectivity index (χ0) is 14.2. The van der Waals surface area contributed by atoms with Gasteiger partial charge in [0.15, 0.2) is 0 Å². The topological polar surface area (TPSA) is 32.8 Å². The smallest absolute Gasteiger partial charge is 0.249 e. The van der Waals surface area contributed by atoms with Crippen molar-refractivity contribution in [2.24, 2.45) is 5.92 Å². The van der Waals surface area contributed by atoms with Crippen LogP contribution >= 0.6 is 0 Å². The first kappa shape index (κ1) is 14.1. The SMILES string of the molecule is COC[C@@H]1CCN(C)C2(C1)CN(C(=O)C1=CCCC1)C2. The maximum Gasteiger partial charge on any atom is 0.249 e. The van der Waals surface area contributed by atoms with E-state index in [-0.39, 0.29) is 11.4 Å². The first-order valence-corrected chi connectivity index (χ1v) is 7.83. The molecule has 0 aromatic rings. The van der Waals surface area contributed by atoms with Crippen LogP contribution in [-0.4, -0.2) is 61.6 Å². The summed E-state index contributed by atoms with van der Waals surface area (Å²) >= 11 is 0. The van der Waals surface area contributed by atoms with Gasteiger partial charge in [0.25, 0.3) is 0 Å². The van der Waals surface area contributed by atoms with Crippen molar-refractivity contribution in [2.75, 3.05) is 40.4 Å². The lowest BCUT2D eigenvalue weighted by Crippen LogP contribution is -2.72. The fourth-order valence-corrected chi connectivity index (χ4v) is 4.03. The monoisotopic (exact) mass is 278 g/mol. The number of carbonyl (C=O) groups excluding carboxylic acids is 1. The van der Waals surface area contributed by atoms with Gasteiger partial charge >= 0.3 is 0 Å². The van der Waals surface area contributed by atoms with Gasteiger partial charge in [0.1, 0.15) is 0 Å². The molecule has 0 bridgehead atoms. The molecule has 0 unspecified atom stereocenters. The van der Waals surface area contributed by atoms with Crippen LogP contribution in [0.1, 0.15) is 32.1 Å². The van der Waals surface area contributed by atoms with E-state index in [0.717, 1.165) is 51.1 Å². The molecule has 2 heterocycles. The third-order valence-corrected chi connectivity index (χ3v) is 5.33. The number of nitrogens with zero attached hydrogens (tertiary/aromatic N) is 2. The standard InChI is InChI=1S/C16H26N2O2/c1-17-8-7-13(10-20-2)9-16(17)11-18(12-16)15(19)14-5-3-4-6-14/h5,13H,3-4,6-12H2,1-2H3/t13-/m1/s1. The molecular formula is C16H26N2O2. The summed E-state index contributed by atoms with van der Waals surface area (Å²) in [5.74, 6) is 0.939. The van der Waals surface area contributed by atoms with Gasteiger partial charge in [0.2, 0.25) is 5.91 Å². The molecule has 1 aliphatic carbocycles. The Bertz CT molecular complexity index is 413. The number of methoxy groups -OCH3 is 1. The van der Waals surface area contributed by atoms with Crippen molar-refractivity contribution in [1.82, 2.24) is 9.80 Å². The average molecular weight is 278 g/mol. The molecule has 2 aliphatic heterocycles. The Morgan fingerprint density at radius 1 is 1.50 bits per heavy atom. The van der Waals surface area contributed by atoms with Crippen molar-refractivity contribution in [3.05, 3.63) is 11.6 Å². The first-order valence-electron chi connectivity index (χ1n) is 7.83. The van der Waals surface area contributed by atoms with E-state index >= 15 is 0 Å². The van der Waals surface area contributed by atoms with Crippen molar-refractivity contribution in [3.8, 4) is 0 Å². The minimum atomic E-state index is 0.219. The molecule has 0 saturated carbocycles. The van der Waals surface area contributed by atoms with Gasteiger partial charge in [-0.25, -0.2) is 0 Å². The van der Waals surface area contributed by atoms with Crippen LogP contribution in [0.5, 0.6) is 0 Å². The van der Waals surface area contributed by atoms with Crippen LogP contribution in [0.4, 0.5) is 0 Å². The Morgan fingerprint density at radius 2 is 2.30 bits per heavy atom. The van der Waals surface area contributed by atoms with E-state index < -0.39 is 0 Å². The van der Waals surface area contributed by atoms with Crippen LogP contribution in [0.25, 0.3) is 0 Å². The summed E-state index contributed by atoms with van der Waals surface area (Å²) in [6.07, 6.45) is 7.72. The second-order valence-electron chi connectivity index (χ2n) is 6.74. The summed E-state index contributed by atoms with van der Waals surface area (Å²) in [5, 5.41) is 0. The summed E-state index contributed by atoms with van der Waals surface area (Å²) < 4.78 is 5.33. The third-order valence-electron chi connectivity index (χ3n) is 5.33. The molecule has 1 spiro atoms. The highest BCUT2D eigenvalue weighted by atomic mass is 16.5. The van der Waals surface area contributed by atoms with E-state index in [1.807, 2.05) is 4.90 Å². The van der Waals surface area contributed by atoms with Crippen LogP contribution in [0.15, 0.2) is 11.6 Å². The van der Waals surface area contributed by atoms with E-state index in [4.69, 9.17) is 4.74 Å². The third kappa shape index (κ3) is 2.40.